The Morgan fingerprint density at radius 2 is 0.821 bits per heavy atom. The highest BCUT2D eigenvalue weighted by atomic mass is 16.5. The van der Waals surface area contributed by atoms with Crippen LogP contribution in [-0.2, 0) is 12.8 Å². The zero-order valence-corrected chi connectivity index (χ0v) is 23.2. The Balaban J connectivity index is 1.21. The molecule has 0 saturated carbocycles. The average Bonchev–Trinajstić information content (AvgIpc) is 2.99. The number of unbranched alkanes of at least 4 members (excludes halogenated alkanes) is 6. The van der Waals surface area contributed by atoms with Crippen LogP contribution in [0.1, 0.15) is 73.6 Å². The maximum Gasteiger partial charge on any atom is 0.134 e. The molecule has 0 amide bonds. The van der Waals surface area contributed by atoms with E-state index < -0.39 is 0 Å². The number of allylic oxidation sites excluding steroid dienone is 2. The van der Waals surface area contributed by atoms with Gasteiger partial charge in [0.2, 0.25) is 0 Å². The first-order valence-corrected chi connectivity index (χ1v) is 14.7. The lowest BCUT2D eigenvalue weighted by Crippen LogP contribution is -1.90. The SMILES string of the molecule is C(=Cc1ccccc1Oc1ccccc1C=CCCCCCc1ccccc1)CCCCCc1ccccc1. The quantitative estimate of drug-likeness (QED) is 0.135. The van der Waals surface area contributed by atoms with Gasteiger partial charge in [0, 0.05) is 11.1 Å². The van der Waals surface area contributed by atoms with E-state index in [9.17, 15) is 0 Å². The van der Waals surface area contributed by atoms with Crippen LogP contribution in [0.4, 0.5) is 0 Å². The van der Waals surface area contributed by atoms with Crippen molar-refractivity contribution in [2.75, 3.05) is 0 Å². The Morgan fingerprint density at radius 1 is 0.410 bits per heavy atom. The molecule has 0 atom stereocenters. The van der Waals surface area contributed by atoms with Gasteiger partial charge in [-0.15, -0.1) is 0 Å². The lowest BCUT2D eigenvalue weighted by atomic mass is 10.1. The highest BCUT2D eigenvalue weighted by molar-refractivity contribution is 5.61. The molecule has 0 unspecified atom stereocenters. The Kier molecular flexibility index (Phi) is 12.2. The summed E-state index contributed by atoms with van der Waals surface area (Å²) in [5.41, 5.74) is 5.12. The molecule has 0 N–H and O–H groups in total. The molecule has 1 heteroatoms. The molecule has 0 aliphatic carbocycles. The second-order valence-corrected chi connectivity index (χ2v) is 10.2. The zero-order chi connectivity index (χ0) is 26.8. The van der Waals surface area contributed by atoms with Crippen LogP contribution >= 0.6 is 0 Å². The van der Waals surface area contributed by atoms with E-state index in [0.717, 1.165) is 35.5 Å². The topological polar surface area (TPSA) is 9.23 Å². The number of hydrogen-bond donors (Lipinski definition) is 0. The van der Waals surface area contributed by atoms with Crippen molar-refractivity contribution >= 4 is 12.2 Å². The van der Waals surface area contributed by atoms with Crippen molar-refractivity contribution in [3.63, 3.8) is 0 Å². The fourth-order valence-electron chi connectivity index (χ4n) is 4.79. The van der Waals surface area contributed by atoms with Crippen molar-refractivity contribution in [1.29, 1.82) is 0 Å². The zero-order valence-electron chi connectivity index (χ0n) is 23.2. The predicted octanol–water partition coefficient (Wildman–Crippen LogP) is 11.1. The fraction of sp³-hybridized carbons (Fsp3) is 0.263. The van der Waals surface area contributed by atoms with E-state index in [4.69, 9.17) is 4.74 Å². The average molecular weight is 515 g/mol. The molecule has 0 saturated heterocycles. The molecule has 0 aliphatic heterocycles. The molecule has 0 bridgehead atoms. The summed E-state index contributed by atoms with van der Waals surface area (Å²) in [6.07, 6.45) is 20.9. The third-order valence-electron chi connectivity index (χ3n) is 7.01. The first-order valence-electron chi connectivity index (χ1n) is 14.7. The molecule has 4 aromatic carbocycles. The third kappa shape index (κ3) is 10.4. The van der Waals surface area contributed by atoms with E-state index in [1.807, 2.05) is 12.1 Å². The van der Waals surface area contributed by atoms with Crippen molar-refractivity contribution in [3.05, 3.63) is 144 Å². The second-order valence-electron chi connectivity index (χ2n) is 10.2. The number of benzene rings is 4. The van der Waals surface area contributed by atoms with E-state index in [2.05, 4.69) is 121 Å². The van der Waals surface area contributed by atoms with Crippen molar-refractivity contribution in [3.8, 4) is 11.5 Å². The maximum atomic E-state index is 6.43. The van der Waals surface area contributed by atoms with Gasteiger partial charge in [0.25, 0.3) is 0 Å². The van der Waals surface area contributed by atoms with Crippen molar-refractivity contribution < 1.29 is 4.74 Å². The first-order chi connectivity index (χ1) is 19.4. The van der Waals surface area contributed by atoms with E-state index in [1.54, 1.807) is 0 Å². The van der Waals surface area contributed by atoms with Crippen LogP contribution in [0.5, 0.6) is 11.5 Å². The molecule has 0 radical (unpaired) electrons. The van der Waals surface area contributed by atoms with Crippen molar-refractivity contribution in [1.82, 2.24) is 0 Å². The summed E-state index contributed by atoms with van der Waals surface area (Å²) in [5.74, 6) is 1.80. The lowest BCUT2D eigenvalue weighted by molar-refractivity contribution is 0.480. The number of para-hydroxylation sites is 2. The normalized spacial score (nSPS) is 11.4. The highest BCUT2D eigenvalue weighted by Crippen LogP contribution is 2.30. The Bertz CT molecular complexity index is 1170. The van der Waals surface area contributed by atoms with E-state index in [-0.39, 0.29) is 0 Å². The van der Waals surface area contributed by atoms with Gasteiger partial charge in [-0.2, -0.15) is 0 Å². The molecule has 0 fully saturated rings. The minimum Gasteiger partial charge on any atom is -0.456 e. The number of hydrogen-bond acceptors (Lipinski definition) is 1. The summed E-state index contributed by atoms with van der Waals surface area (Å²) in [5, 5.41) is 0. The van der Waals surface area contributed by atoms with Crippen LogP contribution in [0.3, 0.4) is 0 Å². The van der Waals surface area contributed by atoms with Gasteiger partial charge in [0.1, 0.15) is 11.5 Å². The van der Waals surface area contributed by atoms with E-state index >= 15 is 0 Å². The Labute approximate surface area is 235 Å². The lowest BCUT2D eigenvalue weighted by Gasteiger charge is -2.11. The van der Waals surface area contributed by atoms with Gasteiger partial charge in [-0.3, -0.25) is 0 Å². The van der Waals surface area contributed by atoms with Gasteiger partial charge in [-0.05, 0) is 74.6 Å². The summed E-state index contributed by atoms with van der Waals surface area (Å²) in [6, 6.07) is 38.2. The number of rotatable bonds is 16. The summed E-state index contributed by atoms with van der Waals surface area (Å²) in [4.78, 5) is 0. The van der Waals surface area contributed by atoms with Gasteiger partial charge < -0.3 is 4.74 Å². The van der Waals surface area contributed by atoms with Crippen LogP contribution in [0.25, 0.3) is 12.2 Å². The van der Waals surface area contributed by atoms with Gasteiger partial charge >= 0.3 is 0 Å². The summed E-state index contributed by atoms with van der Waals surface area (Å²) >= 11 is 0. The minimum atomic E-state index is 0.902. The monoisotopic (exact) mass is 514 g/mol. The van der Waals surface area contributed by atoms with Gasteiger partial charge in [-0.1, -0.05) is 134 Å². The van der Waals surface area contributed by atoms with Gasteiger partial charge in [0.05, 0.1) is 0 Å². The smallest absolute Gasteiger partial charge is 0.134 e. The standard InChI is InChI=1S/C38H42O/c1(3-9-21-33-23-11-7-12-24-33)5-15-27-35-29-17-19-31-37(35)39-38-32-20-18-30-36(38)28-16-6-2-4-10-22-34-25-13-8-14-26-34/h7-8,11-20,23-32H,1-6,9-10,21-22H2. The molecule has 39 heavy (non-hydrogen) atoms. The van der Waals surface area contributed by atoms with Crippen LogP contribution in [0.15, 0.2) is 121 Å². The Morgan fingerprint density at radius 3 is 1.28 bits per heavy atom. The van der Waals surface area contributed by atoms with Crippen molar-refractivity contribution in [2.24, 2.45) is 0 Å². The van der Waals surface area contributed by atoms with E-state index in [0.29, 0.717) is 0 Å². The molecule has 4 rings (SSSR count). The van der Waals surface area contributed by atoms with Gasteiger partial charge in [-0.25, -0.2) is 0 Å². The molecule has 0 spiro atoms. The summed E-state index contributed by atoms with van der Waals surface area (Å²) in [6.45, 7) is 0. The first kappa shape index (κ1) is 28.2. The summed E-state index contributed by atoms with van der Waals surface area (Å²) in [7, 11) is 0. The van der Waals surface area contributed by atoms with Crippen LogP contribution in [0.2, 0.25) is 0 Å². The van der Waals surface area contributed by atoms with E-state index in [1.165, 1.54) is 62.5 Å². The third-order valence-corrected chi connectivity index (χ3v) is 7.01. The van der Waals surface area contributed by atoms with Crippen LogP contribution in [-0.4, -0.2) is 0 Å². The van der Waals surface area contributed by atoms with Crippen LogP contribution in [0, 0.1) is 0 Å². The number of ether oxygens (including phenoxy) is 1. The molecular weight excluding hydrogens is 472 g/mol. The molecule has 200 valence electrons. The molecular formula is C38H42O. The van der Waals surface area contributed by atoms with Gasteiger partial charge in [0.15, 0.2) is 0 Å². The minimum absolute atomic E-state index is 0.902. The van der Waals surface area contributed by atoms with Crippen molar-refractivity contribution in [2.45, 2.75) is 64.2 Å². The van der Waals surface area contributed by atoms with Crippen LogP contribution < -0.4 is 4.74 Å². The second kappa shape index (κ2) is 16.9. The molecule has 4 aromatic rings. The fourth-order valence-corrected chi connectivity index (χ4v) is 4.79. The maximum absolute atomic E-state index is 6.43. The predicted molar refractivity (Wildman–Crippen MR) is 168 cm³/mol. The molecule has 1 nitrogen and oxygen atoms in total. The summed E-state index contributed by atoms with van der Waals surface area (Å²) < 4.78 is 6.43. The Hall–Kier alpha value is -3.84. The molecule has 0 aromatic heterocycles. The highest BCUT2D eigenvalue weighted by Gasteiger charge is 2.05. The largest absolute Gasteiger partial charge is 0.456 e. The number of aryl methyl sites for hydroxylation is 2. The molecule has 0 aliphatic rings. The molecule has 0 heterocycles.